The summed E-state index contributed by atoms with van der Waals surface area (Å²) >= 11 is 5.54. The minimum Gasteiger partial charge on any atom is -0.303 e. The zero-order chi connectivity index (χ0) is 9.42. The Morgan fingerprint density at radius 3 is 3.08 bits per heavy atom. The first-order valence-electron chi connectivity index (χ1n) is 3.50. The standard InChI is InChI=1S/C8H4ClFN2O/c9-5-1-2-12-4-11-6(3-13)8(12)7(5)10/h1-4H. The van der Waals surface area contributed by atoms with E-state index in [1.54, 1.807) is 6.20 Å². The van der Waals surface area contributed by atoms with Crippen molar-refractivity contribution in [2.75, 3.05) is 0 Å². The van der Waals surface area contributed by atoms with Crippen LogP contribution in [0.15, 0.2) is 18.6 Å². The topological polar surface area (TPSA) is 34.4 Å². The third kappa shape index (κ3) is 1.10. The fraction of sp³-hybridized carbons (Fsp3) is 0. The Labute approximate surface area is 77.8 Å². The average Bonchev–Trinajstić information content (AvgIpc) is 2.55. The number of carbonyl (C=O) groups is 1. The first kappa shape index (κ1) is 8.19. The van der Waals surface area contributed by atoms with Gasteiger partial charge in [-0.1, -0.05) is 11.6 Å². The van der Waals surface area contributed by atoms with E-state index in [4.69, 9.17) is 11.6 Å². The number of rotatable bonds is 1. The summed E-state index contributed by atoms with van der Waals surface area (Å²) in [4.78, 5) is 14.2. The van der Waals surface area contributed by atoms with E-state index in [-0.39, 0.29) is 16.2 Å². The first-order chi connectivity index (χ1) is 6.24. The first-order valence-corrected chi connectivity index (χ1v) is 3.87. The van der Waals surface area contributed by atoms with Crippen LogP contribution in [-0.2, 0) is 0 Å². The van der Waals surface area contributed by atoms with Gasteiger partial charge in [-0.25, -0.2) is 9.37 Å². The SMILES string of the molecule is O=Cc1ncn2ccc(Cl)c(F)c12. The summed E-state index contributed by atoms with van der Waals surface area (Å²) in [7, 11) is 0. The minimum atomic E-state index is -0.622. The van der Waals surface area contributed by atoms with Gasteiger partial charge in [-0.15, -0.1) is 0 Å². The van der Waals surface area contributed by atoms with Gasteiger partial charge in [0, 0.05) is 6.20 Å². The fourth-order valence-corrected chi connectivity index (χ4v) is 1.28. The molecule has 0 aliphatic carbocycles. The lowest BCUT2D eigenvalue weighted by atomic mass is 10.3. The van der Waals surface area contributed by atoms with Crippen molar-refractivity contribution in [1.82, 2.24) is 9.38 Å². The van der Waals surface area contributed by atoms with Crippen molar-refractivity contribution in [3.63, 3.8) is 0 Å². The molecule has 0 fully saturated rings. The lowest BCUT2D eigenvalue weighted by molar-refractivity contribution is 0.112. The highest BCUT2D eigenvalue weighted by atomic mass is 35.5. The van der Waals surface area contributed by atoms with Crippen LogP contribution in [0, 0.1) is 5.82 Å². The Bertz CT molecular complexity index is 480. The largest absolute Gasteiger partial charge is 0.303 e. The molecule has 0 spiro atoms. The van der Waals surface area contributed by atoms with Crippen LogP contribution >= 0.6 is 11.6 Å². The molecule has 0 atom stereocenters. The summed E-state index contributed by atoms with van der Waals surface area (Å²) in [6.07, 6.45) is 3.40. The fourth-order valence-electron chi connectivity index (χ4n) is 1.13. The Morgan fingerprint density at radius 2 is 2.38 bits per heavy atom. The highest BCUT2D eigenvalue weighted by Gasteiger charge is 2.11. The molecule has 66 valence electrons. The number of hydrogen-bond acceptors (Lipinski definition) is 2. The average molecular weight is 199 g/mol. The van der Waals surface area contributed by atoms with Crippen LogP contribution in [0.2, 0.25) is 5.02 Å². The molecule has 2 aromatic rings. The van der Waals surface area contributed by atoms with Crippen molar-refractivity contribution in [2.24, 2.45) is 0 Å². The summed E-state index contributed by atoms with van der Waals surface area (Å²) in [6, 6.07) is 1.40. The van der Waals surface area contributed by atoms with Crippen molar-refractivity contribution >= 4 is 23.4 Å². The van der Waals surface area contributed by atoms with Gasteiger partial charge in [-0.05, 0) is 6.07 Å². The van der Waals surface area contributed by atoms with Gasteiger partial charge in [-0.2, -0.15) is 0 Å². The maximum absolute atomic E-state index is 13.3. The molecule has 0 unspecified atom stereocenters. The molecule has 0 radical (unpaired) electrons. The van der Waals surface area contributed by atoms with E-state index in [0.29, 0.717) is 6.29 Å². The van der Waals surface area contributed by atoms with E-state index < -0.39 is 5.82 Å². The molecule has 0 aliphatic rings. The Kier molecular flexibility index (Phi) is 1.77. The maximum atomic E-state index is 13.3. The predicted molar refractivity (Wildman–Crippen MR) is 45.5 cm³/mol. The summed E-state index contributed by atoms with van der Waals surface area (Å²) in [5.74, 6) is -0.622. The highest BCUT2D eigenvalue weighted by molar-refractivity contribution is 6.31. The summed E-state index contributed by atoms with van der Waals surface area (Å²) in [5, 5.41) is -0.0175. The van der Waals surface area contributed by atoms with Crippen LogP contribution in [0.3, 0.4) is 0 Å². The number of aldehydes is 1. The number of fused-ring (bicyclic) bond motifs is 1. The van der Waals surface area contributed by atoms with Crippen molar-refractivity contribution in [3.8, 4) is 0 Å². The van der Waals surface area contributed by atoms with Crippen LogP contribution in [0.5, 0.6) is 0 Å². The smallest absolute Gasteiger partial charge is 0.170 e. The van der Waals surface area contributed by atoms with Crippen LogP contribution in [0.25, 0.3) is 5.52 Å². The minimum absolute atomic E-state index is 0.0175. The van der Waals surface area contributed by atoms with E-state index in [1.165, 1.54) is 16.8 Å². The number of nitrogens with zero attached hydrogens (tertiary/aromatic N) is 2. The van der Waals surface area contributed by atoms with E-state index >= 15 is 0 Å². The van der Waals surface area contributed by atoms with Gasteiger partial charge < -0.3 is 4.40 Å². The number of aromatic nitrogens is 2. The monoisotopic (exact) mass is 198 g/mol. The van der Waals surface area contributed by atoms with Gasteiger partial charge in [0.05, 0.1) is 5.02 Å². The molecule has 0 N–H and O–H groups in total. The molecule has 0 aliphatic heterocycles. The lowest BCUT2D eigenvalue weighted by Crippen LogP contribution is -1.89. The summed E-state index contributed by atoms with van der Waals surface area (Å²) in [5.41, 5.74) is 0.169. The molecule has 5 heteroatoms. The molecule has 0 amide bonds. The van der Waals surface area contributed by atoms with Gasteiger partial charge in [-0.3, -0.25) is 4.79 Å². The lowest BCUT2D eigenvalue weighted by Gasteiger charge is -1.97. The van der Waals surface area contributed by atoms with Crippen molar-refractivity contribution in [2.45, 2.75) is 0 Å². The van der Waals surface area contributed by atoms with E-state index in [9.17, 15) is 9.18 Å². The predicted octanol–water partition coefficient (Wildman–Crippen LogP) is 1.94. The molecule has 3 nitrogen and oxygen atoms in total. The molecule has 2 aromatic heterocycles. The van der Waals surface area contributed by atoms with Gasteiger partial charge in [0.25, 0.3) is 0 Å². The third-order valence-electron chi connectivity index (χ3n) is 1.73. The molecule has 2 heterocycles. The van der Waals surface area contributed by atoms with E-state index in [1.807, 2.05) is 0 Å². The van der Waals surface area contributed by atoms with Gasteiger partial charge >= 0.3 is 0 Å². The third-order valence-corrected chi connectivity index (χ3v) is 2.02. The molecule has 2 rings (SSSR count). The number of pyridine rings is 1. The number of halogens is 2. The van der Waals surface area contributed by atoms with Crippen LogP contribution in [0.4, 0.5) is 4.39 Å². The number of hydrogen-bond donors (Lipinski definition) is 0. The second-order valence-corrected chi connectivity index (χ2v) is 2.89. The summed E-state index contributed by atoms with van der Waals surface area (Å²) < 4.78 is 14.7. The van der Waals surface area contributed by atoms with E-state index in [2.05, 4.69) is 4.98 Å². The number of imidazole rings is 1. The Morgan fingerprint density at radius 1 is 1.62 bits per heavy atom. The number of carbonyl (C=O) groups excluding carboxylic acids is 1. The molecular weight excluding hydrogens is 195 g/mol. The van der Waals surface area contributed by atoms with Gasteiger partial charge in [0.15, 0.2) is 12.1 Å². The summed E-state index contributed by atoms with van der Waals surface area (Å²) in [6.45, 7) is 0. The Balaban J connectivity index is 2.93. The van der Waals surface area contributed by atoms with Crippen molar-refractivity contribution in [1.29, 1.82) is 0 Å². The molecular formula is C8H4ClFN2O. The molecule has 0 saturated carbocycles. The van der Waals surface area contributed by atoms with E-state index in [0.717, 1.165) is 0 Å². The zero-order valence-electron chi connectivity index (χ0n) is 6.37. The molecule has 0 aromatic carbocycles. The zero-order valence-corrected chi connectivity index (χ0v) is 7.12. The molecule has 0 saturated heterocycles. The van der Waals surface area contributed by atoms with Gasteiger partial charge in [0.1, 0.15) is 17.5 Å². The molecule has 13 heavy (non-hydrogen) atoms. The van der Waals surface area contributed by atoms with Crippen LogP contribution in [-0.4, -0.2) is 15.7 Å². The van der Waals surface area contributed by atoms with Gasteiger partial charge in [0.2, 0.25) is 0 Å². The Hall–Kier alpha value is -1.42. The quantitative estimate of drug-likeness (QED) is 0.657. The highest BCUT2D eigenvalue weighted by Crippen LogP contribution is 2.20. The van der Waals surface area contributed by atoms with Crippen molar-refractivity contribution < 1.29 is 9.18 Å². The maximum Gasteiger partial charge on any atom is 0.170 e. The second-order valence-electron chi connectivity index (χ2n) is 2.48. The van der Waals surface area contributed by atoms with Crippen LogP contribution < -0.4 is 0 Å². The molecule has 0 bridgehead atoms. The van der Waals surface area contributed by atoms with Crippen LogP contribution in [0.1, 0.15) is 10.5 Å². The van der Waals surface area contributed by atoms with Crippen molar-refractivity contribution in [3.05, 3.63) is 35.1 Å². The normalized spacial score (nSPS) is 10.6. The second kappa shape index (κ2) is 2.81.